The van der Waals surface area contributed by atoms with Crippen LogP contribution in [0.5, 0.6) is 0 Å². The first-order valence-electron chi connectivity index (χ1n) is 6.25. The van der Waals surface area contributed by atoms with Crippen LogP contribution in [0.1, 0.15) is 30.5 Å². The van der Waals surface area contributed by atoms with Gasteiger partial charge < -0.3 is 11.5 Å². The number of nitrogens with two attached hydrogens (primary N) is 2. The topological polar surface area (TPSA) is 52.0 Å². The SMILES string of the molecule is CCc1ccc(CC)c(CC(CN)CN)c1. The molecule has 0 saturated heterocycles. The Hall–Kier alpha value is -0.860. The monoisotopic (exact) mass is 220 g/mol. The van der Waals surface area contributed by atoms with Crippen molar-refractivity contribution in [3.8, 4) is 0 Å². The highest BCUT2D eigenvalue weighted by atomic mass is 14.6. The normalized spacial score (nSPS) is 11.1. The lowest BCUT2D eigenvalue weighted by Gasteiger charge is -2.16. The van der Waals surface area contributed by atoms with Gasteiger partial charge in [-0.1, -0.05) is 32.0 Å². The van der Waals surface area contributed by atoms with Crippen molar-refractivity contribution < 1.29 is 0 Å². The van der Waals surface area contributed by atoms with Crippen molar-refractivity contribution in [2.24, 2.45) is 17.4 Å². The van der Waals surface area contributed by atoms with Crippen molar-refractivity contribution in [3.05, 3.63) is 34.9 Å². The number of benzene rings is 1. The highest BCUT2D eigenvalue weighted by Gasteiger charge is 2.09. The zero-order chi connectivity index (χ0) is 12.0. The first-order valence-corrected chi connectivity index (χ1v) is 6.25. The minimum absolute atomic E-state index is 0.414. The van der Waals surface area contributed by atoms with E-state index in [-0.39, 0.29) is 0 Å². The molecule has 4 N–H and O–H groups in total. The maximum absolute atomic E-state index is 5.71. The Morgan fingerprint density at radius 1 is 1.00 bits per heavy atom. The van der Waals surface area contributed by atoms with E-state index >= 15 is 0 Å². The molecule has 0 fully saturated rings. The summed E-state index contributed by atoms with van der Waals surface area (Å²) in [5.74, 6) is 0.414. The van der Waals surface area contributed by atoms with Crippen molar-refractivity contribution in [1.82, 2.24) is 0 Å². The summed E-state index contributed by atoms with van der Waals surface area (Å²) in [4.78, 5) is 0. The van der Waals surface area contributed by atoms with Gasteiger partial charge in [0.05, 0.1) is 0 Å². The smallest absolute Gasteiger partial charge is 0.00336 e. The molecular weight excluding hydrogens is 196 g/mol. The number of rotatable bonds is 6. The van der Waals surface area contributed by atoms with Crippen LogP contribution in [-0.2, 0) is 19.3 Å². The number of hydrogen-bond donors (Lipinski definition) is 2. The van der Waals surface area contributed by atoms with E-state index in [0.717, 1.165) is 19.3 Å². The number of hydrogen-bond acceptors (Lipinski definition) is 2. The molecule has 16 heavy (non-hydrogen) atoms. The molecule has 0 aliphatic heterocycles. The van der Waals surface area contributed by atoms with Crippen LogP contribution >= 0.6 is 0 Å². The van der Waals surface area contributed by atoms with E-state index in [9.17, 15) is 0 Å². The third-order valence-electron chi connectivity index (χ3n) is 3.24. The molecule has 0 heterocycles. The summed E-state index contributed by atoms with van der Waals surface area (Å²) in [7, 11) is 0. The zero-order valence-electron chi connectivity index (χ0n) is 10.5. The van der Waals surface area contributed by atoms with Crippen LogP contribution in [0.2, 0.25) is 0 Å². The first-order chi connectivity index (χ1) is 7.74. The fraction of sp³-hybridized carbons (Fsp3) is 0.571. The summed E-state index contributed by atoms with van der Waals surface area (Å²) >= 11 is 0. The van der Waals surface area contributed by atoms with Gasteiger partial charge in [-0.15, -0.1) is 0 Å². The maximum Gasteiger partial charge on any atom is -0.00336 e. The lowest BCUT2D eigenvalue weighted by atomic mass is 9.92. The molecule has 0 atom stereocenters. The van der Waals surface area contributed by atoms with Crippen LogP contribution in [0.25, 0.3) is 0 Å². The Balaban J connectivity index is 2.90. The van der Waals surface area contributed by atoms with Crippen molar-refractivity contribution in [2.45, 2.75) is 33.1 Å². The van der Waals surface area contributed by atoms with E-state index in [0.29, 0.717) is 19.0 Å². The molecule has 1 aromatic rings. The van der Waals surface area contributed by atoms with E-state index < -0.39 is 0 Å². The van der Waals surface area contributed by atoms with Gasteiger partial charge in [-0.3, -0.25) is 0 Å². The molecule has 1 rings (SSSR count). The molecule has 0 radical (unpaired) electrons. The second kappa shape index (κ2) is 6.66. The molecule has 2 heteroatoms. The molecule has 90 valence electrons. The molecule has 0 unspecified atom stereocenters. The third kappa shape index (κ3) is 3.32. The highest BCUT2D eigenvalue weighted by molar-refractivity contribution is 5.32. The summed E-state index contributed by atoms with van der Waals surface area (Å²) in [5, 5.41) is 0. The van der Waals surface area contributed by atoms with E-state index in [1.54, 1.807) is 0 Å². The van der Waals surface area contributed by atoms with Crippen LogP contribution in [-0.4, -0.2) is 13.1 Å². The van der Waals surface area contributed by atoms with Gasteiger partial charge in [-0.2, -0.15) is 0 Å². The van der Waals surface area contributed by atoms with Gasteiger partial charge in [0, 0.05) is 0 Å². The van der Waals surface area contributed by atoms with Crippen molar-refractivity contribution >= 4 is 0 Å². The molecule has 0 aromatic heterocycles. The molecule has 0 aliphatic rings. The van der Waals surface area contributed by atoms with E-state index in [1.165, 1.54) is 16.7 Å². The summed E-state index contributed by atoms with van der Waals surface area (Å²) in [6, 6.07) is 6.79. The van der Waals surface area contributed by atoms with E-state index in [1.807, 2.05) is 0 Å². The van der Waals surface area contributed by atoms with E-state index in [2.05, 4.69) is 32.0 Å². The Bertz CT molecular complexity index is 317. The lowest BCUT2D eigenvalue weighted by Crippen LogP contribution is -2.25. The summed E-state index contributed by atoms with van der Waals surface area (Å²) < 4.78 is 0. The average molecular weight is 220 g/mol. The predicted molar refractivity (Wildman–Crippen MR) is 70.5 cm³/mol. The maximum atomic E-state index is 5.71. The minimum Gasteiger partial charge on any atom is -0.330 e. The van der Waals surface area contributed by atoms with Gasteiger partial charge in [-0.05, 0) is 55.0 Å². The molecule has 2 nitrogen and oxygen atoms in total. The second-order valence-corrected chi connectivity index (χ2v) is 4.35. The van der Waals surface area contributed by atoms with Crippen LogP contribution in [0, 0.1) is 5.92 Å². The standard InChI is InChI=1S/C14H24N2/c1-3-11-5-6-13(4-2)14(7-11)8-12(9-15)10-16/h5-7,12H,3-4,8-10,15-16H2,1-2H3. The van der Waals surface area contributed by atoms with Gasteiger partial charge in [0.15, 0.2) is 0 Å². The molecular formula is C14H24N2. The van der Waals surface area contributed by atoms with Gasteiger partial charge >= 0.3 is 0 Å². The summed E-state index contributed by atoms with van der Waals surface area (Å²) in [6.07, 6.45) is 3.19. The van der Waals surface area contributed by atoms with Crippen LogP contribution in [0.3, 0.4) is 0 Å². The highest BCUT2D eigenvalue weighted by Crippen LogP contribution is 2.17. The quantitative estimate of drug-likeness (QED) is 0.769. The fourth-order valence-corrected chi connectivity index (χ4v) is 2.01. The third-order valence-corrected chi connectivity index (χ3v) is 3.24. The van der Waals surface area contributed by atoms with Gasteiger partial charge in [0.1, 0.15) is 0 Å². The fourth-order valence-electron chi connectivity index (χ4n) is 2.01. The van der Waals surface area contributed by atoms with E-state index in [4.69, 9.17) is 11.5 Å². The average Bonchev–Trinajstić information content (AvgIpc) is 2.35. The van der Waals surface area contributed by atoms with Crippen LogP contribution < -0.4 is 11.5 Å². The molecule has 0 spiro atoms. The zero-order valence-corrected chi connectivity index (χ0v) is 10.5. The Labute approximate surface area is 99.0 Å². The molecule has 0 amide bonds. The molecule has 1 aromatic carbocycles. The van der Waals surface area contributed by atoms with Crippen molar-refractivity contribution in [2.75, 3.05) is 13.1 Å². The van der Waals surface area contributed by atoms with Crippen molar-refractivity contribution in [3.63, 3.8) is 0 Å². The minimum atomic E-state index is 0.414. The second-order valence-electron chi connectivity index (χ2n) is 4.35. The van der Waals surface area contributed by atoms with Crippen molar-refractivity contribution in [1.29, 1.82) is 0 Å². The molecule has 0 bridgehead atoms. The first kappa shape index (κ1) is 13.2. The molecule has 0 saturated carbocycles. The van der Waals surface area contributed by atoms with Gasteiger partial charge in [0.25, 0.3) is 0 Å². The van der Waals surface area contributed by atoms with Gasteiger partial charge in [0.2, 0.25) is 0 Å². The lowest BCUT2D eigenvalue weighted by molar-refractivity contribution is 0.546. The number of aryl methyl sites for hydroxylation is 2. The van der Waals surface area contributed by atoms with Crippen LogP contribution in [0.15, 0.2) is 18.2 Å². The molecule has 0 aliphatic carbocycles. The summed E-state index contributed by atoms with van der Waals surface area (Å²) in [6.45, 7) is 5.74. The Morgan fingerprint density at radius 3 is 2.19 bits per heavy atom. The van der Waals surface area contributed by atoms with Crippen LogP contribution in [0.4, 0.5) is 0 Å². The predicted octanol–water partition coefficient (Wildman–Crippen LogP) is 1.89. The van der Waals surface area contributed by atoms with Gasteiger partial charge in [-0.25, -0.2) is 0 Å². The largest absolute Gasteiger partial charge is 0.330 e. The Morgan fingerprint density at radius 2 is 1.69 bits per heavy atom. The summed E-state index contributed by atoms with van der Waals surface area (Å²) in [5.41, 5.74) is 15.7. The Kier molecular flexibility index (Phi) is 5.50.